The number of hydrogen-bond donors (Lipinski definition) is 1. The van der Waals surface area contributed by atoms with Crippen LogP contribution in [-0.4, -0.2) is 26.4 Å². The van der Waals surface area contributed by atoms with Gasteiger partial charge < -0.3 is 0 Å². The van der Waals surface area contributed by atoms with Crippen LogP contribution in [0, 0.1) is 0 Å². The third-order valence-corrected chi connectivity index (χ3v) is 1.61. The summed E-state index contributed by atoms with van der Waals surface area (Å²) < 4.78 is 28.6. The van der Waals surface area contributed by atoms with Gasteiger partial charge in [0.2, 0.25) is 0 Å². The molecule has 0 aromatic carbocycles. The summed E-state index contributed by atoms with van der Waals surface area (Å²) in [6, 6.07) is 0. The minimum absolute atomic E-state index is 0.120. The fraction of sp³-hybridized carbons (Fsp3) is 0.400. The molecule has 7 nitrogen and oxygen atoms in total. The quantitative estimate of drug-likeness (QED) is 0.476. The molecule has 0 rings (SSSR count). The maximum atomic E-state index is 11.0. The van der Waals surface area contributed by atoms with Crippen molar-refractivity contribution in [3.63, 3.8) is 0 Å². The number of rotatable bonds is 4. The molecule has 0 spiro atoms. The van der Waals surface area contributed by atoms with Gasteiger partial charge in [-0.3, -0.25) is 4.79 Å². The Kier molecular flexibility index (Phi) is 4.01. The van der Waals surface area contributed by atoms with Crippen molar-refractivity contribution in [2.45, 2.75) is 6.92 Å². The van der Waals surface area contributed by atoms with Crippen LogP contribution in [0.1, 0.15) is 6.92 Å². The molecule has 2 N–H and O–H groups in total. The molecule has 76 valence electrons. The zero-order valence-electron chi connectivity index (χ0n) is 7.18. The maximum Gasteiger partial charge on any atom is 0.437 e. The van der Waals surface area contributed by atoms with E-state index in [0.717, 1.165) is 7.05 Å². The molecule has 0 aliphatic heterocycles. The number of hydroxylamine groups is 2. The first kappa shape index (κ1) is 12.0. The zero-order valence-corrected chi connectivity index (χ0v) is 8.00. The first-order valence-electron chi connectivity index (χ1n) is 3.06. The van der Waals surface area contributed by atoms with E-state index in [4.69, 9.17) is 0 Å². The van der Waals surface area contributed by atoms with Crippen LogP contribution in [0.3, 0.4) is 0 Å². The molecule has 0 radical (unpaired) electrons. The highest BCUT2D eigenvalue weighted by Gasteiger charge is 2.19. The molecular formula is C5H10N2O5S. The van der Waals surface area contributed by atoms with Gasteiger partial charge in [0.1, 0.15) is 0 Å². The van der Waals surface area contributed by atoms with E-state index < -0.39 is 16.3 Å². The summed E-state index contributed by atoms with van der Waals surface area (Å²) in [5.41, 5.74) is 0.120. The molecule has 0 saturated heterocycles. The number of amides is 1. The molecule has 0 aliphatic carbocycles. The lowest BCUT2D eigenvalue weighted by molar-refractivity contribution is -0.148. The van der Waals surface area contributed by atoms with Gasteiger partial charge in [0, 0.05) is 12.6 Å². The maximum absolute atomic E-state index is 11.0. The molecule has 13 heavy (non-hydrogen) atoms. The SMILES string of the molecule is C=C(C)C(=O)N(C)OS(=O)(=O)ON. The highest BCUT2D eigenvalue weighted by molar-refractivity contribution is 7.81. The third kappa shape index (κ3) is 3.99. The fourth-order valence-electron chi connectivity index (χ4n) is 0.457. The number of nitrogens with zero attached hydrogens (tertiary/aromatic N) is 1. The van der Waals surface area contributed by atoms with Crippen LogP contribution in [-0.2, 0) is 23.8 Å². The van der Waals surface area contributed by atoms with Crippen LogP contribution < -0.4 is 5.90 Å². The zero-order chi connectivity index (χ0) is 10.6. The molecule has 0 atom stereocenters. The van der Waals surface area contributed by atoms with Gasteiger partial charge in [-0.2, -0.15) is 18.6 Å². The van der Waals surface area contributed by atoms with Crippen LogP contribution in [0.5, 0.6) is 0 Å². The Morgan fingerprint density at radius 3 is 2.31 bits per heavy atom. The lowest BCUT2D eigenvalue weighted by Crippen LogP contribution is -2.31. The molecule has 0 aliphatic rings. The summed E-state index contributed by atoms with van der Waals surface area (Å²) >= 11 is 0. The van der Waals surface area contributed by atoms with Gasteiger partial charge in [0.05, 0.1) is 0 Å². The van der Waals surface area contributed by atoms with E-state index in [2.05, 4.69) is 21.0 Å². The van der Waals surface area contributed by atoms with Crippen LogP contribution >= 0.6 is 0 Å². The van der Waals surface area contributed by atoms with Gasteiger partial charge in [-0.15, -0.1) is 4.28 Å². The van der Waals surface area contributed by atoms with E-state index in [1.54, 1.807) is 0 Å². The lowest BCUT2D eigenvalue weighted by atomic mass is 10.3. The van der Waals surface area contributed by atoms with Crippen molar-refractivity contribution in [3.05, 3.63) is 12.2 Å². The summed E-state index contributed by atoms with van der Waals surface area (Å²) in [5, 5.41) is 0.449. The molecule has 0 saturated carbocycles. The predicted octanol–water partition coefficient (Wildman–Crippen LogP) is -0.912. The third-order valence-electron chi connectivity index (χ3n) is 0.972. The molecule has 0 fully saturated rings. The molecule has 1 amide bonds. The summed E-state index contributed by atoms with van der Waals surface area (Å²) in [5.74, 6) is 3.66. The number of carbonyl (C=O) groups excluding carboxylic acids is 1. The van der Waals surface area contributed by atoms with Gasteiger partial charge in [0.25, 0.3) is 5.91 Å². The second kappa shape index (κ2) is 4.33. The standard InChI is InChI=1S/C5H10N2O5S/c1-4(2)5(8)7(3)12-13(9,10)11-6/h1,6H2,2-3H3. The van der Waals surface area contributed by atoms with E-state index in [1.807, 2.05) is 0 Å². The largest absolute Gasteiger partial charge is 0.437 e. The summed E-state index contributed by atoms with van der Waals surface area (Å²) in [6.07, 6.45) is 0. The summed E-state index contributed by atoms with van der Waals surface area (Å²) in [4.78, 5) is 11.0. The van der Waals surface area contributed by atoms with Gasteiger partial charge in [-0.05, 0) is 6.92 Å². The Labute approximate surface area is 75.9 Å². The van der Waals surface area contributed by atoms with Crippen LogP contribution in [0.4, 0.5) is 0 Å². The molecule has 8 heteroatoms. The average Bonchev–Trinajstić information content (AvgIpc) is 2.02. The second-order valence-corrected chi connectivity index (χ2v) is 3.32. The van der Waals surface area contributed by atoms with E-state index in [-0.39, 0.29) is 5.57 Å². The minimum Gasteiger partial charge on any atom is -0.267 e. The van der Waals surface area contributed by atoms with Gasteiger partial charge >= 0.3 is 10.4 Å². The second-order valence-electron chi connectivity index (χ2n) is 2.16. The molecule has 0 bridgehead atoms. The fourth-order valence-corrected chi connectivity index (χ4v) is 0.834. The van der Waals surface area contributed by atoms with E-state index in [9.17, 15) is 13.2 Å². The Bertz CT molecular complexity index is 309. The number of carbonyl (C=O) groups is 1. The van der Waals surface area contributed by atoms with Crippen molar-refractivity contribution >= 4 is 16.3 Å². The minimum atomic E-state index is -4.36. The Hall–Kier alpha value is -0.960. The van der Waals surface area contributed by atoms with Crippen molar-refractivity contribution in [1.82, 2.24) is 5.06 Å². The summed E-state index contributed by atoms with van der Waals surface area (Å²) in [6.45, 7) is 4.69. The molecular weight excluding hydrogens is 200 g/mol. The Morgan fingerprint density at radius 2 is 2.00 bits per heavy atom. The molecule has 0 aromatic rings. The van der Waals surface area contributed by atoms with E-state index >= 15 is 0 Å². The predicted molar refractivity (Wildman–Crippen MR) is 42.9 cm³/mol. The summed E-state index contributed by atoms with van der Waals surface area (Å²) in [7, 11) is -3.26. The Balaban J connectivity index is 4.41. The Morgan fingerprint density at radius 1 is 1.54 bits per heavy atom. The first-order valence-corrected chi connectivity index (χ1v) is 4.40. The lowest BCUT2D eigenvalue weighted by Gasteiger charge is -2.13. The smallest absolute Gasteiger partial charge is 0.267 e. The number of likely N-dealkylation sites (N-methyl/N-ethyl adjacent to an activating group) is 1. The number of nitrogens with two attached hydrogens (primary N) is 1. The van der Waals surface area contributed by atoms with E-state index in [0.29, 0.717) is 5.06 Å². The van der Waals surface area contributed by atoms with Gasteiger partial charge in [0.15, 0.2) is 0 Å². The van der Waals surface area contributed by atoms with Crippen molar-refractivity contribution in [2.75, 3.05) is 7.05 Å². The van der Waals surface area contributed by atoms with Crippen LogP contribution in [0.2, 0.25) is 0 Å². The molecule has 0 heterocycles. The topological polar surface area (TPSA) is 98.9 Å². The monoisotopic (exact) mass is 210 g/mol. The van der Waals surface area contributed by atoms with Gasteiger partial charge in [-0.1, -0.05) is 6.58 Å². The first-order chi connectivity index (χ1) is 5.80. The van der Waals surface area contributed by atoms with Crippen molar-refractivity contribution in [1.29, 1.82) is 0 Å². The van der Waals surface area contributed by atoms with Gasteiger partial charge in [-0.25, -0.2) is 5.06 Å². The van der Waals surface area contributed by atoms with Crippen molar-refractivity contribution < 1.29 is 21.8 Å². The average molecular weight is 210 g/mol. The van der Waals surface area contributed by atoms with Crippen LogP contribution in [0.25, 0.3) is 0 Å². The normalized spacial score (nSPS) is 11.0. The van der Waals surface area contributed by atoms with Crippen molar-refractivity contribution in [3.8, 4) is 0 Å². The van der Waals surface area contributed by atoms with Crippen LogP contribution in [0.15, 0.2) is 12.2 Å². The highest BCUT2D eigenvalue weighted by Crippen LogP contribution is 2.01. The number of hydrogen-bond acceptors (Lipinski definition) is 6. The highest BCUT2D eigenvalue weighted by atomic mass is 32.3. The molecule has 0 unspecified atom stereocenters. The van der Waals surface area contributed by atoms with E-state index in [1.165, 1.54) is 6.92 Å². The van der Waals surface area contributed by atoms with Crippen molar-refractivity contribution in [2.24, 2.45) is 5.90 Å². The molecule has 0 aromatic heterocycles.